The Morgan fingerprint density at radius 2 is 1.70 bits per heavy atom. The van der Waals surface area contributed by atoms with Gasteiger partial charge in [0, 0.05) is 6.20 Å². The van der Waals surface area contributed by atoms with Crippen LogP contribution < -0.4 is 9.47 Å². The van der Waals surface area contributed by atoms with Gasteiger partial charge in [-0.05, 0) is 23.8 Å². The second-order valence-corrected chi connectivity index (χ2v) is 4.32. The third-order valence-corrected chi connectivity index (χ3v) is 2.77. The number of rotatable bonds is 3. The van der Waals surface area contributed by atoms with Crippen molar-refractivity contribution >= 4 is 0 Å². The molecule has 0 bridgehead atoms. The third kappa shape index (κ3) is 4.05. The van der Waals surface area contributed by atoms with E-state index in [0.717, 1.165) is 37.6 Å². The quantitative estimate of drug-likeness (QED) is 0.763. The van der Waals surface area contributed by atoms with Gasteiger partial charge in [0.25, 0.3) is 0 Å². The average Bonchev–Trinajstić information content (AvgIpc) is 2.44. The van der Waals surface area contributed by atoms with Crippen LogP contribution in [0.2, 0.25) is 0 Å². The van der Waals surface area contributed by atoms with Gasteiger partial charge in [-0.25, -0.2) is 4.98 Å². The van der Waals surface area contributed by atoms with E-state index in [0.29, 0.717) is 0 Å². The summed E-state index contributed by atoms with van der Waals surface area (Å²) in [5, 5.41) is 0. The van der Waals surface area contributed by atoms with Crippen LogP contribution in [-0.4, -0.2) is 18.5 Å². The number of ether oxygens (including phenoxy) is 2. The van der Waals surface area contributed by atoms with Gasteiger partial charge in [-0.15, -0.1) is 13.2 Å². The molecule has 2 rings (SSSR count). The SMILES string of the molecule is COc1nccc(C(F)(F)F)c1-c1cccc(OC(F)(F)F)c1. The van der Waals surface area contributed by atoms with E-state index in [-0.39, 0.29) is 11.4 Å². The van der Waals surface area contributed by atoms with Crippen molar-refractivity contribution in [3.05, 3.63) is 42.1 Å². The molecule has 0 N–H and O–H groups in total. The van der Waals surface area contributed by atoms with Crippen LogP contribution >= 0.6 is 0 Å². The summed E-state index contributed by atoms with van der Waals surface area (Å²) >= 11 is 0. The van der Waals surface area contributed by atoms with Crippen LogP contribution in [0, 0.1) is 0 Å². The zero-order chi connectivity index (χ0) is 17.3. The van der Waals surface area contributed by atoms with Crippen LogP contribution in [0.4, 0.5) is 26.3 Å². The first kappa shape index (κ1) is 16.9. The Balaban J connectivity index is 2.60. The molecule has 0 spiro atoms. The van der Waals surface area contributed by atoms with Crippen molar-refractivity contribution in [3.8, 4) is 22.8 Å². The monoisotopic (exact) mass is 337 g/mol. The summed E-state index contributed by atoms with van der Waals surface area (Å²) < 4.78 is 84.7. The maximum Gasteiger partial charge on any atom is 0.573 e. The highest BCUT2D eigenvalue weighted by molar-refractivity contribution is 5.73. The Hall–Kier alpha value is -2.45. The number of halogens is 6. The molecule has 23 heavy (non-hydrogen) atoms. The molecule has 3 nitrogen and oxygen atoms in total. The van der Waals surface area contributed by atoms with Gasteiger partial charge in [0.2, 0.25) is 5.88 Å². The molecule has 0 radical (unpaired) electrons. The summed E-state index contributed by atoms with van der Waals surface area (Å²) in [6.07, 6.45) is -8.78. The minimum Gasteiger partial charge on any atom is -0.481 e. The molecule has 9 heteroatoms. The smallest absolute Gasteiger partial charge is 0.481 e. The second-order valence-electron chi connectivity index (χ2n) is 4.32. The molecule has 1 aromatic carbocycles. The molecule has 2 aromatic rings. The maximum atomic E-state index is 13.1. The molecular formula is C14H9F6NO2. The van der Waals surface area contributed by atoms with E-state index < -0.39 is 29.4 Å². The summed E-state index contributed by atoms with van der Waals surface area (Å²) in [5.74, 6) is -1.00. The number of hydrogen-bond acceptors (Lipinski definition) is 3. The first-order chi connectivity index (χ1) is 10.6. The maximum absolute atomic E-state index is 13.1. The van der Waals surface area contributed by atoms with E-state index in [2.05, 4.69) is 9.72 Å². The lowest BCUT2D eigenvalue weighted by molar-refractivity contribution is -0.274. The topological polar surface area (TPSA) is 31.4 Å². The molecule has 1 heterocycles. The van der Waals surface area contributed by atoms with E-state index in [4.69, 9.17) is 4.74 Å². The summed E-state index contributed by atoms with van der Waals surface area (Å²) in [6, 6.07) is 4.88. The normalized spacial score (nSPS) is 12.1. The minimum atomic E-state index is -4.95. The number of hydrogen-bond donors (Lipinski definition) is 0. The Kier molecular flexibility index (Phi) is 4.39. The Labute approximate surface area is 126 Å². The summed E-state index contributed by atoms with van der Waals surface area (Å²) in [5.41, 5.74) is -1.70. The van der Waals surface area contributed by atoms with Crippen molar-refractivity contribution in [3.63, 3.8) is 0 Å². The zero-order valence-corrected chi connectivity index (χ0v) is 11.5. The van der Waals surface area contributed by atoms with Crippen LogP contribution in [0.15, 0.2) is 36.5 Å². The Bertz CT molecular complexity index is 696. The summed E-state index contributed by atoms with van der Waals surface area (Å²) in [4.78, 5) is 3.67. The van der Waals surface area contributed by atoms with Gasteiger partial charge in [0.05, 0.1) is 18.2 Å². The fourth-order valence-corrected chi connectivity index (χ4v) is 1.96. The van der Waals surface area contributed by atoms with Gasteiger partial charge in [0.15, 0.2) is 0 Å². The van der Waals surface area contributed by atoms with E-state index >= 15 is 0 Å². The van der Waals surface area contributed by atoms with E-state index in [1.54, 1.807) is 0 Å². The Morgan fingerprint density at radius 3 is 2.26 bits per heavy atom. The van der Waals surface area contributed by atoms with Crippen LogP contribution in [0.5, 0.6) is 11.6 Å². The highest BCUT2D eigenvalue weighted by Gasteiger charge is 2.36. The van der Waals surface area contributed by atoms with Crippen LogP contribution in [-0.2, 0) is 6.18 Å². The first-order valence-electron chi connectivity index (χ1n) is 6.08. The molecule has 0 saturated heterocycles. The van der Waals surface area contributed by atoms with Crippen LogP contribution in [0.1, 0.15) is 5.56 Å². The van der Waals surface area contributed by atoms with Crippen LogP contribution in [0.3, 0.4) is 0 Å². The van der Waals surface area contributed by atoms with Crippen LogP contribution in [0.25, 0.3) is 11.1 Å². The van der Waals surface area contributed by atoms with Gasteiger partial charge in [-0.1, -0.05) is 12.1 Å². The van der Waals surface area contributed by atoms with Gasteiger partial charge in [-0.3, -0.25) is 0 Å². The zero-order valence-electron chi connectivity index (χ0n) is 11.5. The Morgan fingerprint density at radius 1 is 1.00 bits per heavy atom. The van der Waals surface area contributed by atoms with Crippen molar-refractivity contribution in [1.29, 1.82) is 0 Å². The minimum absolute atomic E-state index is 0.163. The molecule has 0 amide bonds. The largest absolute Gasteiger partial charge is 0.573 e. The van der Waals surface area contributed by atoms with Gasteiger partial charge < -0.3 is 9.47 Å². The molecule has 1 aromatic heterocycles. The third-order valence-electron chi connectivity index (χ3n) is 2.77. The standard InChI is InChI=1S/C14H9F6NO2/c1-22-12-11(10(5-6-21-12)13(15,16)17)8-3-2-4-9(7-8)23-14(18,19)20/h2-7H,1H3. The van der Waals surface area contributed by atoms with Gasteiger partial charge in [0.1, 0.15) is 5.75 Å². The number of nitrogens with zero attached hydrogens (tertiary/aromatic N) is 1. The lowest BCUT2D eigenvalue weighted by Crippen LogP contribution is -2.17. The predicted octanol–water partition coefficient (Wildman–Crippen LogP) is 4.67. The fraction of sp³-hybridized carbons (Fsp3) is 0.214. The molecule has 124 valence electrons. The number of methoxy groups -OCH3 is 1. The summed E-state index contributed by atoms with van der Waals surface area (Å²) in [6.45, 7) is 0. The van der Waals surface area contributed by atoms with Gasteiger partial charge in [-0.2, -0.15) is 13.2 Å². The highest BCUT2D eigenvalue weighted by Crippen LogP contribution is 2.42. The fourth-order valence-electron chi connectivity index (χ4n) is 1.96. The van der Waals surface area contributed by atoms with Crippen molar-refractivity contribution in [2.45, 2.75) is 12.5 Å². The van der Waals surface area contributed by atoms with Crippen molar-refractivity contribution in [2.75, 3.05) is 7.11 Å². The van der Waals surface area contributed by atoms with Crippen molar-refractivity contribution < 1.29 is 35.8 Å². The average molecular weight is 337 g/mol. The molecule has 0 aliphatic rings. The molecule has 0 aliphatic heterocycles. The lowest BCUT2D eigenvalue weighted by Gasteiger charge is -2.16. The predicted molar refractivity (Wildman–Crippen MR) is 67.9 cm³/mol. The van der Waals surface area contributed by atoms with E-state index in [1.807, 2.05) is 0 Å². The van der Waals surface area contributed by atoms with Gasteiger partial charge >= 0.3 is 12.5 Å². The first-order valence-corrected chi connectivity index (χ1v) is 6.08. The lowest BCUT2D eigenvalue weighted by atomic mass is 10.0. The molecule has 0 fully saturated rings. The number of alkyl halides is 6. The van der Waals surface area contributed by atoms with E-state index in [9.17, 15) is 26.3 Å². The number of pyridine rings is 1. The number of benzene rings is 1. The highest BCUT2D eigenvalue weighted by atomic mass is 19.4. The van der Waals surface area contributed by atoms with Crippen molar-refractivity contribution in [1.82, 2.24) is 4.98 Å². The molecule has 0 unspecified atom stereocenters. The molecule has 0 atom stereocenters. The number of aromatic nitrogens is 1. The second kappa shape index (κ2) is 5.98. The molecule has 0 saturated carbocycles. The van der Waals surface area contributed by atoms with E-state index in [1.165, 1.54) is 6.07 Å². The summed E-state index contributed by atoms with van der Waals surface area (Å²) in [7, 11) is 1.11. The molecule has 0 aliphatic carbocycles. The molecular weight excluding hydrogens is 328 g/mol. The van der Waals surface area contributed by atoms with Crippen molar-refractivity contribution in [2.24, 2.45) is 0 Å².